The number of ketones is 1. The fourth-order valence-electron chi connectivity index (χ4n) is 3.48. The standard InChI is InChI=1S/C22H17N3O6/c1-13-6-7-14(8-19(13)25(29)30)10-24-11-17(16-4-2-3-5-18(16)24)21(27)22(28)23-15-9-20(26)31-12-15/h2-9,11H,10,12H2,1H3,(H,23,28). The van der Waals surface area contributed by atoms with Crippen molar-refractivity contribution in [2.24, 2.45) is 0 Å². The number of nitrogens with zero attached hydrogens (tertiary/aromatic N) is 2. The van der Waals surface area contributed by atoms with E-state index >= 15 is 0 Å². The summed E-state index contributed by atoms with van der Waals surface area (Å²) in [5.41, 5.74) is 2.39. The molecule has 0 spiro atoms. The van der Waals surface area contributed by atoms with Gasteiger partial charge in [-0.05, 0) is 18.6 Å². The van der Waals surface area contributed by atoms with E-state index < -0.39 is 22.6 Å². The van der Waals surface area contributed by atoms with Gasteiger partial charge in [0.15, 0.2) is 0 Å². The van der Waals surface area contributed by atoms with Gasteiger partial charge in [-0.1, -0.05) is 30.3 Å². The van der Waals surface area contributed by atoms with E-state index in [1.807, 2.05) is 0 Å². The highest BCUT2D eigenvalue weighted by Crippen LogP contribution is 2.25. The third-order valence-corrected chi connectivity index (χ3v) is 5.00. The van der Waals surface area contributed by atoms with Crippen LogP contribution in [0.3, 0.4) is 0 Å². The third-order valence-electron chi connectivity index (χ3n) is 5.00. The summed E-state index contributed by atoms with van der Waals surface area (Å²) in [6.45, 7) is 1.86. The summed E-state index contributed by atoms with van der Waals surface area (Å²) in [5, 5.41) is 14.2. The lowest BCUT2D eigenvalue weighted by Crippen LogP contribution is -2.31. The van der Waals surface area contributed by atoms with Gasteiger partial charge in [-0.25, -0.2) is 4.79 Å². The van der Waals surface area contributed by atoms with Crippen molar-refractivity contribution in [2.45, 2.75) is 13.5 Å². The Hall–Kier alpha value is -4.27. The van der Waals surface area contributed by atoms with Crippen LogP contribution < -0.4 is 5.32 Å². The minimum Gasteiger partial charge on any atom is -0.456 e. The Balaban J connectivity index is 1.66. The summed E-state index contributed by atoms with van der Waals surface area (Å²) in [4.78, 5) is 47.2. The molecular weight excluding hydrogens is 402 g/mol. The molecule has 4 rings (SSSR count). The van der Waals surface area contributed by atoms with Crippen LogP contribution in [0, 0.1) is 17.0 Å². The number of nitro benzene ring substituents is 1. The normalized spacial score (nSPS) is 13.1. The monoisotopic (exact) mass is 419 g/mol. The molecule has 0 saturated heterocycles. The molecular formula is C22H17N3O6. The van der Waals surface area contributed by atoms with Crippen LogP contribution >= 0.6 is 0 Å². The smallest absolute Gasteiger partial charge is 0.333 e. The fraction of sp³-hybridized carbons (Fsp3) is 0.136. The zero-order chi connectivity index (χ0) is 22.1. The van der Waals surface area contributed by atoms with Crippen LogP contribution in [0.2, 0.25) is 0 Å². The number of amides is 1. The molecule has 2 aromatic carbocycles. The highest BCUT2D eigenvalue weighted by Gasteiger charge is 2.24. The number of ether oxygens (including phenoxy) is 1. The Morgan fingerprint density at radius 2 is 2.00 bits per heavy atom. The number of aryl methyl sites for hydroxylation is 1. The predicted octanol–water partition coefficient (Wildman–Crippen LogP) is 2.65. The summed E-state index contributed by atoms with van der Waals surface area (Å²) in [6, 6.07) is 12.1. The summed E-state index contributed by atoms with van der Waals surface area (Å²) < 4.78 is 6.49. The first-order valence-electron chi connectivity index (χ1n) is 9.38. The predicted molar refractivity (Wildman–Crippen MR) is 110 cm³/mol. The Labute approximate surface area is 176 Å². The molecule has 2 heterocycles. The van der Waals surface area contributed by atoms with Gasteiger partial charge in [0, 0.05) is 41.4 Å². The Morgan fingerprint density at radius 1 is 1.23 bits per heavy atom. The van der Waals surface area contributed by atoms with E-state index in [2.05, 4.69) is 5.32 Å². The molecule has 9 nitrogen and oxygen atoms in total. The van der Waals surface area contributed by atoms with Crippen molar-refractivity contribution in [3.8, 4) is 0 Å². The molecule has 31 heavy (non-hydrogen) atoms. The van der Waals surface area contributed by atoms with Gasteiger partial charge in [0.25, 0.3) is 17.4 Å². The van der Waals surface area contributed by atoms with E-state index in [9.17, 15) is 24.5 Å². The number of aromatic nitrogens is 1. The molecule has 9 heteroatoms. The van der Waals surface area contributed by atoms with Gasteiger partial charge in [0.1, 0.15) is 6.61 Å². The van der Waals surface area contributed by atoms with Crippen molar-refractivity contribution >= 4 is 34.3 Å². The van der Waals surface area contributed by atoms with Crippen LogP contribution in [-0.4, -0.2) is 33.8 Å². The average molecular weight is 419 g/mol. The second kappa shape index (κ2) is 7.86. The van der Waals surface area contributed by atoms with Crippen LogP contribution in [0.5, 0.6) is 0 Å². The Bertz CT molecular complexity index is 1290. The lowest BCUT2D eigenvalue weighted by atomic mass is 10.1. The fourth-order valence-corrected chi connectivity index (χ4v) is 3.48. The number of hydrogen-bond donors (Lipinski definition) is 1. The molecule has 0 atom stereocenters. The summed E-state index contributed by atoms with van der Waals surface area (Å²) >= 11 is 0. The molecule has 0 fully saturated rings. The quantitative estimate of drug-likeness (QED) is 0.216. The van der Waals surface area contributed by atoms with E-state index in [4.69, 9.17) is 4.74 Å². The maximum absolute atomic E-state index is 12.8. The molecule has 1 N–H and O–H groups in total. The molecule has 1 aromatic heterocycles. The van der Waals surface area contributed by atoms with Crippen molar-refractivity contribution in [3.05, 3.63) is 87.2 Å². The van der Waals surface area contributed by atoms with Gasteiger partial charge >= 0.3 is 5.97 Å². The topological polar surface area (TPSA) is 121 Å². The first kappa shape index (κ1) is 20.0. The number of nitrogens with one attached hydrogen (secondary N) is 1. The average Bonchev–Trinajstić information content (AvgIpc) is 3.32. The minimum absolute atomic E-state index is 0.0197. The summed E-state index contributed by atoms with van der Waals surface area (Å²) in [6.07, 6.45) is 2.68. The SMILES string of the molecule is Cc1ccc(Cn2cc(C(=O)C(=O)NC3=CC(=O)OC3)c3ccccc32)cc1[N+](=O)[O-]. The van der Waals surface area contributed by atoms with Crippen LogP contribution in [0.25, 0.3) is 10.9 Å². The Morgan fingerprint density at radius 3 is 2.71 bits per heavy atom. The van der Waals surface area contributed by atoms with E-state index in [1.54, 1.807) is 54.1 Å². The molecule has 156 valence electrons. The number of fused-ring (bicyclic) bond motifs is 1. The summed E-state index contributed by atoms with van der Waals surface area (Å²) in [7, 11) is 0. The molecule has 0 unspecified atom stereocenters. The summed E-state index contributed by atoms with van der Waals surface area (Å²) in [5.74, 6) is -2.21. The van der Waals surface area contributed by atoms with E-state index in [1.165, 1.54) is 6.07 Å². The number of carbonyl (C=O) groups excluding carboxylic acids is 3. The van der Waals surface area contributed by atoms with Crippen LogP contribution in [0.15, 0.2) is 60.4 Å². The van der Waals surface area contributed by atoms with Gasteiger partial charge in [-0.15, -0.1) is 0 Å². The zero-order valence-electron chi connectivity index (χ0n) is 16.5. The van der Waals surface area contributed by atoms with Crippen LogP contribution in [0.1, 0.15) is 21.5 Å². The molecule has 1 aliphatic heterocycles. The number of Topliss-reactive ketones (excluding diaryl/α,β-unsaturated/α-hetero) is 1. The van der Waals surface area contributed by atoms with Gasteiger partial charge in [0.2, 0.25) is 0 Å². The molecule has 1 amide bonds. The Kier molecular flexibility index (Phi) is 5.08. The molecule has 0 saturated carbocycles. The van der Waals surface area contributed by atoms with Gasteiger partial charge in [-0.2, -0.15) is 0 Å². The lowest BCUT2D eigenvalue weighted by molar-refractivity contribution is -0.385. The number of cyclic esters (lactones) is 1. The number of esters is 1. The molecule has 3 aromatic rings. The van der Waals surface area contributed by atoms with E-state index in [0.717, 1.165) is 6.08 Å². The molecule has 1 aliphatic rings. The maximum atomic E-state index is 12.8. The van der Waals surface area contributed by atoms with Gasteiger partial charge in [0.05, 0.1) is 16.2 Å². The number of hydrogen-bond acceptors (Lipinski definition) is 6. The van der Waals surface area contributed by atoms with Gasteiger partial charge in [-0.3, -0.25) is 19.7 Å². The largest absolute Gasteiger partial charge is 0.456 e. The highest BCUT2D eigenvalue weighted by atomic mass is 16.6. The van der Waals surface area contributed by atoms with Crippen LogP contribution in [-0.2, 0) is 20.9 Å². The molecule has 0 bridgehead atoms. The van der Waals surface area contributed by atoms with Crippen molar-refractivity contribution < 1.29 is 24.0 Å². The maximum Gasteiger partial charge on any atom is 0.333 e. The van der Waals surface area contributed by atoms with Crippen molar-refractivity contribution in [1.82, 2.24) is 9.88 Å². The number of nitro groups is 1. The highest BCUT2D eigenvalue weighted by molar-refractivity contribution is 6.45. The molecule has 0 aliphatic carbocycles. The van der Waals surface area contributed by atoms with Crippen molar-refractivity contribution in [2.75, 3.05) is 6.61 Å². The zero-order valence-corrected chi connectivity index (χ0v) is 16.5. The second-order valence-electron chi connectivity index (χ2n) is 7.13. The van der Waals surface area contributed by atoms with Gasteiger partial charge < -0.3 is 14.6 Å². The molecule has 0 radical (unpaired) electrons. The van der Waals surface area contributed by atoms with Crippen molar-refractivity contribution in [1.29, 1.82) is 0 Å². The first-order chi connectivity index (χ1) is 14.8. The lowest BCUT2D eigenvalue weighted by Gasteiger charge is -2.06. The van der Waals surface area contributed by atoms with Crippen LogP contribution in [0.4, 0.5) is 5.69 Å². The number of para-hydroxylation sites is 1. The minimum atomic E-state index is -0.876. The van der Waals surface area contributed by atoms with E-state index in [-0.39, 0.29) is 30.1 Å². The third kappa shape index (κ3) is 3.93. The van der Waals surface area contributed by atoms with Crippen molar-refractivity contribution in [3.63, 3.8) is 0 Å². The first-order valence-corrected chi connectivity index (χ1v) is 9.38. The number of benzene rings is 2. The number of carbonyl (C=O) groups is 3. The number of rotatable bonds is 6. The van der Waals surface area contributed by atoms with E-state index in [0.29, 0.717) is 22.0 Å². The second-order valence-corrected chi connectivity index (χ2v) is 7.13.